The highest BCUT2D eigenvalue weighted by atomic mass is 32.2. The lowest BCUT2D eigenvalue weighted by atomic mass is 10.2. The van der Waals surface area contributed by atoms with Gasteiger partial charge in [-0.25, -0.2) is 8.42 Å². The van der Waals surface area contributed by atoms with Crippen molar-refractivity contribution in [3.05, 3.63) is 29.8 Å². The van der Waals surface area contributed by atoms with Crippen LogP contribution in [0.1, 0.15) is 32.8 Å². The summed E-state index contributed by atoms with van der Waals surface area (Å²) in [5.41, 5.74) is 1.09. The molecule has 0 aliphatic carbocycles. The van der Waals surface area contributed by atoms with Gasteiger partial charge in [0.2, 0.25) is 0 Å². The maximum atomic E-state index is 11.2. The Morgan fingerprint density at radius 1 is 1.28 bits per heavy atom. The first kappa shape index (κ1) is 21.3. The largest absolute Gasteiger partial charge is 0.493 e. The van der Waals surface area contributed by atoms with Gasteiger partial charge >= 0.3 is 0 Å². The van der Waals surface area contributed by atoms with E-state index in [4.69, 9.17) is 4.74 Å². The molecule has 2 N–H and O–H groups in total. The van der Waals surface area contributed by atoms with Gasteiger partial charge in [0, 0.05) is 25.9 Å². The molecule has 0 saturated carbocycles. The minimum atomic E-state index is -2.95. The number of rotatable bonds is 9. The van der Waals surface area contributed by atoms with Gasteiger partial charge in [-0.05, 0) is 37.0 Å². The Kier molecular flexibility index (Phi) is 8.75. The summed E-state index contributed by atoms with van der Waals surface area (Å²) < 4.78 is 28.2. The molecule has 0 aliphatic rings. The average Bonchev–Trinajstić information content (AvgIpc) is 2.54. The van der Waals surface area contributed by atoms with Gasteiger partial charge in [0.1, 0.15) is 15.6 Å². The summed E-state index contributed by atoms with van der Waals surface area (Å²) in [6.45, 7) is 7.48. The van der Waals surface area contributed by atoms with E-state index in [1.165, 1.54) is 6.26 Å². The molecule has 0 heterocycles. The van der Waals surface area contributed by atoms with Crippen LogP contribution in [0.4, 0.5) is 0 Å². The Bertz CT molecular complexity index is 657. The standard InChI is InChI=1S/C18H31N3O3S/c1-14(2)13-24-17-8-6-7-16(11-17)12-20-18(19-4)21-15(3)9-10-25(5,22)23/h6-8,11,14-15H,9-10,12-13H2,1-5H3,(H2,19,20,21). The van der Waals surface area contributed by atoms with Crippen LogP contribution in [0.15, 0.2) is 29.3 Å². The Labute approximate surface area is 152 Å². The highest BCUT2D eigenvalue weighted by molar-refractivity contribution is 7.90. The molecule has 25 heavy (non-hydrogen) atoms. The molecule has 0 radical (unpaired) electrons. The van der Waals surface area contributed by atoms with Crippen LogP contribution in [0.3, 0.4) is 0 Å². The van der Waals surface area contributed by atoms with Crippen molar-refractivity contribution in [2.45, 2.75) is 39.8 Å². The lowest BCUT2D eigenvalue weighted by Gasteiger charge is -2.18. The average molecular weight is 370 g/mol. The normalized spacial score (nSPS) is 13.6. The van der Waals surface area contributed by atoms with Crippen molar-refractivity contribution >= 4 is 15.8 Å². The number of hydrogen-bond donors (Lipinski definition) is 2. The second-order valence-electron chi connectivity index (χ2n) is 6.74. The van der Waals surface area contributed by atoms with E-state index in [2.05, 4.69) is 29.5 Å². The number of benzene rings is 1. The summed E-state index contributed by atoms with van der Waals surface area (Å²) in [5, 5.41) is 6.45. The maximum Gasteiger partial charge on any atom is 0.191 e. The molecule has 6 nitrogen and oxygen atoms in total. The van der Waals surface area contributed by atoms with Gasteiger partial charge < -0.3 is 15.4 Å². The Balaban J connectivity index is 2.50. The van der Waals surface area contributed by atoms with E-state index in [-0.39, 0.29) is 11.8 Å². The smallest absolute Gasteiger partial charge is 0.191 e. The second-order valence-corrected chi connectivity index (χ2v) is 9.00. The molecule has 142 valence electrons. The summed E-state index contributed by atoms with van der Waals surface area (Å²) in [4.78, 5) is 4.18. The van der Waals surface area contributed by atoms with E-state index >= 15 is 0 Å². The molecule has 0 amide bonds. The molecule has 0 spiro atoms. The molecule has 1 aromatic rings. The highest BCUT2D eigenvalue weighted by Gasteiger charge is 2.09. The number of aliphatic imine (C=N–C) groups is 1. The molecule has 1 atom stereocenters. The molecule has 0 aromatic heterocycles. The molecule has 7 heteroatoms. The van der Waals surface area contributed by atoms with E-state index in [1.54, 1.807) is 7.05 Å². The minimum Gasteiger partial charge on any atom is -0.493 e. The van der Waals surface area contributed by atoms with Gasteiger partial charge in [-0.3, -0.25) is 4.99 Å². The maximum absolute atomic E-state index is 11.2. The number of nitrogens with one attached hydrogen (secondary N) is 2. The third kappa shape index (κ3) is 9.96. The van der Waals surface area contributed by atoms with Crippen LogP contribution < -0.4 is 15.4 Å². The predicted molar refractivity (Wildman–Crippen MR) is 104 cm³/mol. The Morgan fingerprint density at radius 2 is 2.00 bits per heavy atom. The van der Waals surface area contributed by atoms with Gasteiger partial charge in [-0.2, -0.15) is 0 Å². The fraction of sp³-hybridized carbons (Fsp3) is 0.611. The zero-order valence-corrected chi connectivity index (χ0v) is 16.7. The van der Waals surface area contributed by atoms with E-state index in [9.17, 15) is 8.42 Å². The highest BCUT2D eigenvalue weighted by Crippen LogP contribution is 2.14. The topological polar surface area (TPSA) is 79.8 Å². The minimum absolute atomic E-state index is 0.0154. The van der Waals surface area contributed by atoms with Crippen molar-refractivity contribution in [2.75, 3.05) is 25.7 Å². The summed E-state index contributed by atoms with van der Waals surface area (Å²) in [7, 11) is -1.25. The van der Waals surface area contributed by atoms with Crippen LogP contribution in [0.25, 0.3) is 0 Å². The Hall–Kier alpha value is -1.76. The molecular weight excluding hydrogens is 338 g/mol. The molecule has 1 unspecified atom stereocenters. The fourth-order valence-corrected chi connectivity index (χ4v) is 2.87. The van der Waals surface area contributed by atoms with Gasteiger partial charge in [0.25, 0.3) is 0 Å². The Morgan fingerprint density at radius 3 is 2.60 bits per heavy atom. The van der Waals surface area contributed by atoms with Gasteiger partial charge in [0.15, 0.2) is 5.96 Å². The van der Waals surface area contributed by atoms with Crippen molar-refractivity contribution in [3.8, 4) is 5.75 Å². The SMILES string of the molecule is CN=C(NCc1cccc(OCC(C)C)c1)NC(C)CCS(C)(=O)=O. The van der Waals surface area contributed by atoms with Crippen LogP contribution in [0.2, 0.25) is 0 Å². The van der Waals surface area contributed by atoms with E-state index in [0.717, 1.165) is 11.3 Å². The zero-order valence-electron chi connectivity index (χ0n) is 15.9. The van der Waals surface area contributed by atoms with Crippen molar-refractivity contribution in [2.24, 2.45) is 10.9 Å². The number of hydrogen-bond acceptors (Lipinski definition) is 4. The van der Waals surface area contributed by atoms with Gasteiger partial charge in [0.05, 0.1) is 12.4 Å². The fourth-order valence-electron chi connectivity index (χ4n) is 2.08. The molecule has 1 aromatic carbocycles. The summed E-state index contributed by atoms with van der Waals surface area (Å²) in [6.07, 6.45) is 1.79. The van der Waals surface area contributed by atoms with Crippen molar-refractivity contribution < 1.29 is 13.2 Å². The zero-order chi connectivity index (χ0) is 18.9. The van der Waals surface area contributed by atoms with E-state index < -0.39 is 9.84 Å². The second kappa shape index (κ2) is 10.3. The number of nitrogens with zero attached hydrogens (tertiary/aromatic N) is 1. The third-order valence-electron chi connectivity index (χ3n) is 3.47. The lowest BCUT2D eigenvalue weighted by Crippen LogP contribution is -2.42. The molecule has 0 aliphatic heterocycles. The predicted octanol–water partition coefficient (Wildman–Crippen LogP) is 2.21. The molecule has 0 fully saturated rings. The van der Waals surface area contributed by atoms with Crippen LogP contribution in [0.5, 0.6) is 5.75 Å². The van der Waals surface area contributed by atoms with E-state index in [1.807, 2.05) is 31.2 Å². The van der Waals surface area contributed by atoms with Crippen molar-refractivity contribution in [1.82, 2.24) is 10.6 Å². The van der Waals surface area contributed by atoms with Gasteiger partial charge in [-0.15, -0.1) is 0 Å². The first-order chi connectivity index (χ1) is 11.7. The summed E-state index contributed by atoms with van der Waals surface area (Å²) >= 11 is 0. The first-order valence-electron chi connectivity index (χ1n) is 8.56. The molecular formula is C18H31N3O3S. The number of guanidine groups is 1. The van der Waals surface area contributed by atoms with Crippen LogP contribution >= 0.6 is 0 Å². The first-order valence-corrected chi connectivity index (χ1v) is 10.6. The number of sulfone groups is 1. The molecule has 1 rings (SSSR count). The van der Waals surface area contributed by atoms with Crippen LogP contribution in [0, 0.1) is 5.92 Å². The van der Waals surface area contributed by atoms with E-state index in [0.29, 0.717) is 31.4 Å². The van der Waals surface area contributed by atoms with Crippen molar-refractivity contribution in [3.63, 3.8) is 0 Å². The van der Waals surface area contributed by atoms with Crippen molar-refractivity contribution in [1.29, 1.82) is 0 Å². The van der Waals surface area contributed by atoms with Gasteiger partial charge in [-0.1, -0.05) is 26.0 Å². The van der Waals surface area contributed by atoms with Crippen LogP contribution in [-0.4, -0.2) is 46.1 Å². The lowest BCUT2D eigenvalue weighted by molar-refractivity contribution is 0.271. The summed E-state index contributed by atoms with van der Waals surface area (Å²) in [6, 6.07) is 7.97. The molecule has 0 bridgehead atoms. The quantitative estimate of drug-likeness (QED) is 0.515. The monoisotopic (exact) mass is 369 g/mol. The number of ether oxygens (including phenoxy) is 1. The third-order valence-corrected chi connectivity index (χ3v) is 4.45. The van der Waals surface area contributed by atoms with Crippen LogP contribution in [-0.2, 0) is 16.4 Å². The molecule has 0 saturated heterocycles. The summed E-state index contributed by atoms with van der Waals surface area (Å²) in [5.74, 6) is 2.15.